The Labute approximate surface area is 123 Å². The van der Waals surface area contributed by atoms with Crippen molar-refractivity contribution in [2.45, 2.75) is 13.0 Å². The summed E-state index contributed by atoms with van der Waals surface area (Å²) in [7, 11) is 0. The second-order valence-corrected chi connectivity index (χ2v) is 4.73. The Kier molecular flexibility index (Phi) is 4.94. The fraction of sp³-hybridized carbons (Fsp3) is 0.375. The van der Waals surface area contributed by atoms with Crippen LogP contribution in [0.3, 0.4) is 0 Å². The quantitative estimate of drug-likeness (QED) is 0.771. The van der Waals surface area contributed by atoms with E-state index in [1.165, 1.54) is 0 Å². The number of aliphatic hydroxyl groups excluding tert-OH is 1. The zero-order chi connectivity index (χ0) is 15.2. The molecule has 2 rings (SSSR count). The third-order valence-corrected chi connectivity index (χ3v) is 3.28. The van der Waals surface area contributed by atoms with Gasteiger partial charge in [-0.1, -0.05) is 17.9 Å². The first kappa shape index (κ1) is 15.1. The molecule has 108 valence electrons. The number of aliphatic hydroxyl groups is 1. The maximum absolute atomic E-state index is 12.6. The standard InChI is InChI=1S/C16H16N2O3/c1-12-4-5-13(3-2-7-19)9-15(12)16(20)18-6-8-21-14(10-17)11-18/h4-5,9,14,19H,6-8,11H2,1H3. The summed E-state index contributed by atoms with van der Waals surface area (Å²) >= 11 is 0. The first-order chi connectivity index (χ1) is 10.2. The summed E-state index contributed by atoms with van der Waals surface area (Å²) in [6.45, 7) is 2.76. The molecule has 1 atom stereocenters. The van der Waals surface area contributed by atoms with Crippen LogP contribution in [0.2, 0.25) is 0 Å². The average molecular weight is 284 g/mol. The summed E-state index contributed by atoms with van der Waals surface area (Å²) in [5.41, 5.74) is 2.11. The molecular formula is C16H16N2O3. The van der Waals surface area contributed by atoms with E-state index in [0.717, 1.165) is 5.56 Å². The van der Waals surface area contributed by atoms with Crippen molar-refractivity contribution in [3.8, 4) is 17.9 Å². The number of nitriles is 1. The van der Waals surface area contributed by atoms with E-state index in [9.17, 15) is 4.79 Å². The van der Waals surface area contributed by atoms with Gasteiger partial charge in [-0.3, -0.25) is 4.79 Å². The zero-order valence-electron chi connectivity index (χ0n) is 11.8. The van der Waals surface area contributed by atoms with E-state index in [0.29, 0.717) is 24.3 Å². The van der Waals surface area contributed by atoms with Crippen LogP contribution in [-0.4, -0.2) is 48.3 Å². The van der Waals surface area contributed by atoms with Gasteiger partial charge in [-0.2, -0.15) is 5.26 Å². The smallest absolute Gasteiger partial charge is 0.254 e. The fourth-order valence-electron chi connectivity index (χ4n) is 2.15. The SMILES string of the molecule is Cc1ccc(C#CCO)cc1C(=O)N1CCOC(C#N)C1. The van der Waals surface area contributed by atoms with Crippen LogP contribution in [-0.2, 0) is 4.74 Å². The lowest BCUT2D eigenvalue weighted by atomic mass is 10.0. The van der Waals surface area contributed by atoms with Crippen LogP contribution in [0.4, 0.5) is 0 Å². The summed E-state index contributed by atoms with van der Waals surface area (Å²) in [5, 5.41) is 17.6. The van der Waals surface area contributed by atoms with Crippen LogP contribution in [0.15, 0.2) is 18.2 Å². The second-order valence-electron chi connectivity index (χ2n) is 4.73. The molecule has 0 radical (unpaired) electrons. The Bertz CT molecular complexity index is 637. The largest absolute Gasteiger partial charge is 0.384 e. The van der Waals surface area contributed by atoms with E-state index in [-0.39, 0.29) is 19.1 Å². The topological polar surface area (TPSA) is 73.6 Å². The van der Waals surface area contributed by atoms with Gasteiger partial charge in [0.15, 0.2) is 6.10 Å². The number of amides is 1. The molecule has 5 heteroatoms. The van der Waals surface area contributed by atoms with Crippen LogP contribution in [0.5, 0.6) is 0 Å². The van der Waals surface area contributed by atoms with E-state index >= 15 is 0 Å². The first-order valence-corrected chi connectivity index (χ1v) is 6.66. The Hall–Kier alpha value is -2.34. The minimum atomic E-state index is -0.569. The van der Waals surface area contributed by atoms with Gasteiger partial charge < -0.3 is 14.7 Å². The van der Waals surface area contributed by atoms with Gasteiger partial charge in [0.2, 0.25) is 0 Å². The summed E-state index contributed by atoms with van der Waals surface area (Å²) < 4.78 is 5.25. The number of aryl methyl sites for hydroxylation is 1. The Morgan fingerprint density at radius 1 is 1.57 bits per heavy atom. The molecule has 0 aliphatic carbocycles. The Balaban J connectivity index is 2.24. The van der Waals surface area contributed by atoms with Gasteiger partial charge in [0.25, 0.3) is 5.91 Å². The normalized spacial score (nSPS) is 17.6. The molecule has 5 nitrogen and oxygen atoms in total. The highest BCUT2D eigenvalue weighted by molar-refractivity contribution is 5.96. The molecule has 1 unspecified atom stereocenters. The van der Waals surface area contributed by atoms with Crippen molar-refractivity contribution < 1.29 is 14.6 Å². The average Bonchev–Trinajstić information content (AvgIpc) is 2.53. The molecular weight excluding hydrogens is 268 g/mol. The van der Waals surface area contributed by atoms with Gasteiger partial charge in [-0.15, -0.1) is 0 Å². The molecule has 1 N–H and O–H groups in total. The molecule has 1 fully saturated rings. The number of carbonyl (C=O) groups excluding carboxylic acids is 1. The minimum Gasteiger partial charge on any atom is -0.384 e. The number of hydrogen-bond acceptors (Lipinski definition) is 4. The fourth-order valence-corrected chi connectivity index (χ4v) is 2.15. The lowest BCUT2D eigenvalue weighted by Crippen LogP contribution is -2.45. The molecule has 1 aliphatic heterocycles. The van der Waals surface area contributed by atoms with E-state index in [1.54, 1.807) is 11.0 Å². The van der Waals surface area contributed by atoms with Crippen molar-refractivity contribution in [2.75, 3.05) is 26.3 Å². The van der Waals surface area contributed by atoms with E-state index in [1.807, 2.05) is 25.1 Å². The van der Waals surface area contributed by atoms with Gasteiger partial charge in [0, 0.05) is 17.7 Å². The Morgan fingerprint density at radius 2 is 2.38 bits per heavy atom. The molecule has 0 bridgehead atoms. The highest BCUT2D eigenvalue weighted by Crippen LogP contribution is 2.16. The number of rotatable bonds is 1. The van der Waals surface area contributed by atoms with Gasteiger partial charge in [0.05, 0.1) is 19.2 Å². The zero-order valence-corrected chi connectivity index (χ0v) is 11.8. The molecule has 1 heterocycles. The molecule has 1 aromatic carbocycles. The third kappa shape index (κ3) is 3.61. The molecule has 1 amide bonds. The number of carbonyl (C=O) groups is 1. The number of ether oxygens (including phenoxy) is 1. The number of hydrogen-bond donors (Lipinski definition) is 1. The van der Waals surface area contributed by atoms with Crippen LogP contribution < -0.4 is 0 Å². The molecule has 0 aromatic heterocycles. The summed E-state index contributed by atoms with van der Waals surface area (Å²) in [6.07, 6.45) is -0.569. The van der Waals surface area contributed by atoms with Crippen LogP contribution in [0, 0.1) is 30.1 Å². The number of benzene rings is 1. The Morgan fingerprint density at radius 3 is 3.10 bits per heavy atom. The van der Waals surface area contributed by atoms with Crippen LogP contribution in [0.1, 0.15) is 21.5 Å². The van der Waals surface area contributed by atoms with E-state index in [2.05, 4.69) is 11.8 Å². The van der Waals surface area contributed by atoms with Crippen molar-refractivity contribution in [2.24, 2.45) is 0 Å². The predicted octanol–water partition coefficient (Wildman–Crippen LogP) is 0.703. The highest BCUT2D eigenvalue weighted by Gasteiger charge is 2.25. The minimum absolute atomic E-state index is 0.122. The molecule has 21 heavy (non-hydrogen) atoms. The lowest BCUT2D eigenvalue weighted by Gasteiger charge is -2.30. The van der Waals surface area contributed by atoms with Gasteiger partial charge in [-0.05, 0) is 24.6 Å². The lowest BCUT2D eigenvalue weighted by molar-refractivity contribution is 0.00343. The van der Waals surface area contributed by atoms with E-state index < -0.39 is 6.10 Å². The van der Waals surface area contributed by atoms with Crippen molar-refractivity contribution in [3.05, 3.63) is 34.9 Å². The molecule has 0 saturated carbocycles. The monoisotopic (exact) mass is 284 g/mol. The van der Waals surface area contributed by atoms with Crippen LogP contribution >= 0.6 is 0 Å². The van der Waals surface area contributed by atoms with Crippen molar-refractivity contribution >= 4 is 5.91 Å². The summed E-state index contributed by atoms with van der Waals surface area (Å²) in [4.78, 5) is 14.2. The van der Waals surface area contributed by atoms with Crippen molar-refractivity contribution in [1.29, 1.82) is 5.26 Å². The highest BCUT2D eigenvalue weighted by atomic mass is 16.5. The summed E-state index contributed by atoms with van der Waals surface area (Å²) in [5.74, 6) is 5.23. The molecule has 1 aliphatic rings. The van der Waals surface area contributed by atoms with Crippen molar-refractivity contribution in [3.63, 3.8) is 0 Å². The van der Waals surface area contributed by atoms with E-state index in [4.69, 9.17) is 15.1 Å². The molecule has 1 aromatic rings. The number of morpholine rings is 1. The predicted molar refractivity (Wildman–Crippen MR) is 76.4 cm³/mol. The van der Waals surface area contributed by atoms with Crippen LogP contribution in [0.25, 0.3) is 0 Å². The summed E-state index contributed by atoms with van der Waals surface area (Å²) in [6, 6.07) is 7.39. The first-order valence-electron chi connectivity index (χ1n) is 6.66. The maximum Gasteiger partial charge on any atom is 0.254 e. The van der Waals surface area contributed by atoms with Crippen molar-refractivity contribution in [1.82, 2.24) is 4.90 Å². The second kappa shape index (κ2) is 6.90. The maximum atomic E-state index is 12.6. The third-order valence-electron chi connectivity index (χ3n) is 3.28. The van der Waals surface area contributed by atoms with Gasteiger partial charge in [0.1, 0.15) is 6.61 Å². The van der Waals surface area contributed by atoms with Gasteiger partial charge >= 0.3 is 0 Å². The molecule has 0 spiro atoms. The van der Waals surface area contributed by atoms with Gasteiger partial charge in [-0.25, -0.2) is 0 Å². The number of nitrogens with zero attached hydrogens (tertiary/aromatic N) is 2. The molecule has 1 saturated heterocycles.